The number of anilines is 2. The van der Waals surface area contributed by atoms with Crippen LogP contribution < -0.4 is 15.0 Å². The number of benzene rings is 3. The molecule has 1 N–H and O–H groups in total. The van der Waals surface area contributed by atoms with Crippen LogP contribution in [0.5, 0.6) is 11.5 Å². The molecule has 0 bridgehead atoms. The van der Waals surface area contributed by atoms with E-state index in [4.69, 9.17) is 4.74 Å². The Bertz CT molecular complexity index is 1390. The number of carbonyl (C=O) groups is 3. The Labute approximate surface area is 210 Å². The van der Waals surface area contributed by atoms with Crippen molar-refractivity contribution in [1.82, 2.24) is 0 Å². The number of hydrogen-bond donors (Lipinski definition) is 1. The van der Waals surface area contributed by atoms with E-state index in [1.54, 1.807) is 48.5 Å². The number of imide groups is 1. The summed E-state index contributed by atoms with van der Waals surface area (Å²) in [6.45, 7) is 6.03. The average Bonchev–Trinajstić information content (AvgIpc) is 3.12. The summed E-state index contributed by atoms with van der Waals surface area (Å²) in [7, 11) is 0. The van der Waals surface area contributed by atoms with Crippen LogP contribution in [0.2, 0.25) is 0 Å². The van der Waals surface area contributed by atoms with Gasteiger partial charge >= 0.3 is 0 Å². The van der Waals surface area contributed by atoms with E-state index in [1.165, 1.54) is 4.90 Å². The van der Waals surface area contributed by atoms with Crippen molar-refractivity contribution < 1.29 is 19.1 Å². The lowest BCUT2D eigenvalue weighted by Crippen LogP contribution is -2.33. The second-order valence-electron chi connectivity index (χ2n) is 9.51. The number of ether oxygens (including phenoxy) is 1. The molecule has 1 heterocycles. The molecule has 0 saturated carbocycles. The van der Waals surface area contributed by atoms with Crippen molar-refractivity contribution in [2.75, 3.05) is 10.2 Å². The fraction of sp³-hybridized carbons (Fsp3) is 0.233. The predicted molar refractivity (Wildman–Crippen MR) is 139 cm³/mol. The number of aryl methyl sites for hydroxylation is 1. The molecule has 5 rings (SSSR count). The summed E-state index contributed by atoms with van der Waals surface area (Å²) in [5.41, 5.74) is 4.52. The van der Waals surface area contributed by atoms with Gasteiger partial charge < -0.3 is 10.1 Å². The SMILES string of the molecule is CC1=CC[C@H]2C(=O)N(c3ccccc3C(=O)Nc3ccc(Oc4cccc(C)c4C)cc3)C(=O)[C@H]2C1. The van der Waals surface area contributed by atoms with Crippen molar-refractivity contribution in [2.45, 2.75) is 33.6 Å². The Balaban J connectivity index is 1.34. The van der Waals surface area contributed by atoms with Crippen LogP contribution in [0.1, 0.15) is 41.3 Å². The maximum Gasteiger partial charge on any atom is 0.257 e. The van der Waals surface area contributed by atoms with Crippen molar-refractivity contribution in [2.24, 2.45) is 11.8 Å². The summed E-state index contributed by atoms with van der Waals surface area (Å²) in [5.74, 6) is -0.134. The Morgan fingerprint density at radius 3 is 2.39 bits per heavy atom. The highest BCUT2D eigenvalue weighted by molar-refractivity contribution is 6.25. The Hall–Kier alpha value is -4.19. The molecule has 6 heteroatoms. The Kier molecular flexibility index (Phi) is 6.18. The fourth-order valence-corrected chi connectivity index (χ4v) is 4.90. The molecule has 1 aliphatic carbocycles. The van der Waals surface area contributed by atoms with E-state index in [2.05, 4.69) is 5.32 Å². The lowest BCUT2D eigenvalue weighted by molar-refractivity contribution is -0.122. The maximum atomic E-state index is 13.2. The van der Waals surface area contributed by atoms with Crippen molar-refractivity contribution in [3.8, 4) is 11.5 Å². The fourth-order valence-electron chi connectivity index (χ4n) is 4.90. The van der Waals surface area contributed by atoms with Crippen LogP contribution in [0.3, 0.4) is 0 Å². The summed E-state index contributed by atoms with van der Waals surface area (Å²) in [4.78, 5) is 40.8. The first kappa shape index (κ1) is 23.5. The minimum absolute atomic E-state index is 0.231. The molecule has 2 atom stereocenters. The van der Waals surface area contributed by atoms with E-state index in [0.29, 0.717) is 30.0 Å². The number of para-hydroxylation sites is 1. The molecule has 0 spiro atoms. The van der Waals surface area contributed by atoms with Crippen molar-refractivity contribution in [1.29, 1.82) is 0 Å². The number of hydrogen-bond acceptors (Lipinski definition) is 4. The molecule has 1 aliphatic heterocycles. The van der Waals surface area contributed by atoms with Gasteiger partial charge in [0.25, 0.3) is 5.91 Å². The third-order valence-electron chi connectivity index (χ3n) is 7.11. The van der Waals surface area contributed by atoms with Crippen LogP contribution in [0.25, 0.3) is 0 Å². The number of allylic oxidation sites excluding steroid dienone is 2. The van der Waals surface area contributed by atoms with Gasteiger partial charge in [-0.15, -0.1) is 0 Å². The van der Waals surface area contributed by atoms with E-state index in [-0.39, 0.29) is 29.2 Å². The van der Waals surface area contributed by atoms with Crippen molar-refractivity contribution >= 4 is 29.1 Å². The quantitative estimate of drug-likeness (QED) is 0.349. The molecule has 6 nitrogen and oxygen atoms in total. The molecule has 1 fully saturated rings. The summed E-state index contributed by atoms with van der Waals surface area (Å²) >= 11 is 0. The van der Waals surface area contributed by atoms with Crippen LogP contribution in [0.4, 0.5) is 11.4 Å². The second-order valence-corrected chi connectivity index (χ2v) is 9.51. The van der Waals surface area contributed by atoms with Crippen LogP contribution in [-0.4, -0.2) is 17.7 Å². The summed E-state index contributed by atoms with van der Waals surface area (Å²) < 4.78 is 6.00. The number of amides is 3. The number of fused-ring (bicyclic) bond motifs is 1. The normalized spacial score (nSPS) is 19.1. The highest BCUT2D eigenvalue weighted by atomic mass is 16.5. The summed E-state index contributed by atoms with van der Waals surface area (Å²) in [6, 6.07) is 19.8. The van der Waals surface area contributed by atoms with Crippen LogP contribution in [0.15, 0.2) is 78.4 Å². The number of carbonyl (C=O) groups excluding carboxylic acids is 3. The standard InChI is InChI=1S/C30H28N2O4/c1-18-11-16-23-25(17-18)30(35)32(29(23)34)26-9-5-4-8-24(26)28(33)31-21-12-14-22(15-13-21)36-27-10-6-7-19(2)20(27)3/h4-15,23,25H,16-17H2,1-3H3,(H,31,33)/t23-,25+/m1/s1. The van der Waals surface area contributed by atoms with Crippen molar-refractivity contribution in [3.05, 3.63) is 95.1 Å². The molecule has 1 saturated heterocycles. The topological polar surface area (TPSA) is 75.7 Å². The molecule has 3 aromatic carbocycles. The largest absolute Gasteiger partial charge is 0.457 e. The molecule has 0 radical (unpaired) electrons. The third kappa shape index (κ3) is 4.31. The van der Waals surface area contributed by atoms with Gasteiger partial charge in [0.05, 0.1) is 23.1 Å². The van der Waals surface area contributed by atoms with Gasteiger partial charge in [-0.3, -0.25) is 14.4 Å². The molecule has 182 valence electrons. The molecule has 36 heavy (non-hydrogen) atoms. The Morgan fingerprint density at radius 2 is 1.61 bits per heavy atom. The number of rotatable bonds is 5. The van der Waals surface area contributed by atoms with Crippen LogP contribution in [0, 0.1) is 25.7 Å². The van der Waals surface area contributed by atoms with Gasteiger partial charge in [0.2, 0.25) is 11.8 Å². The molecule has 3 aromatic rings. The third-order valence-corrected chi connectivity index (χ3v) is 7.11. The molecule has 0 unspecified atom stereocenters. The van der Waals surface area contributed by atoms with E-state index in [9.17, 15) is 14.4 Å². The van der Waals surface area contributed by atoms with Gasteiger partial charge in [0, 0.05) is 5.69 Å². The molecular formula is C30H28N2O4. The predicted octanol–water partition coefficient (Wildman–Crippen LogP) is 6.19. The zero-order chi connectivity index (χ0) is 25.4. The van der Waals surface area contributed by atoms with Gasteiger partial charge in [-0.25, -0.2) is 4.90 Å². The minimum atomic E-state index is -0.390. The van der Waals surface area contributed by atoms with E-state index < -0.39 is 5.91 Å². The maximum absolute atomic E-state index is 13.2. The summed E-state index contributed by atoms with van der Waals surface area (Å²) in [6.07, 6.45) is 3.17. The molecular weight excluding hydrogens is 452 g/mol. The average molecular weight is 481 g/mol. The molecule has 0 aromatic heterocycles. The Morgan fingerprint density at radius 1 is 0.889 bits per heavy atom. The molecule has 3 amide bonds. The molecule has 2 aliphatic rings. The highest BCUT2D eigenvalue weighted by Gasteiger charge is 2.49. The zero-order valence-electron chi connectivity index (χ0n) is 20.6. The van der Waals surface area contributed by atoms with Gasteiger partial charge in [-0.1, -0.05) is 35.9 Å². The minimum Gasteiger partial charge on any atom is -0.457 e. The van der Waals surface area contributed by atoms with Gasteiger partial charge in [-0.2, -0.15) is 0 Å². The zero-order valence-corrected chi connectivity index (χ0v) is 20.6. The highest BCUT2D eigenvalue weighted by Crippen LogP contribution is 2.40. The van der Waals surface area contributed by atoms with E-state index in [1.807, 2.05) is 45.0 Å². The second kappa shape index (κ2) is 9.46. The van der Waals surface area contributed by atoms with E-state index in [0.717, 1.165) is 22.4 Å². The first-order valence-corrected chi connectivity index (χ1v) is 12.1. The van der Waals surface area contributed by atoms with E-state index >= 15 is 0 Å². The smallest absolute Gasteiger partial charge is 0.257 e. The monoisotopic (exact) mass is 480 g/mol. The summed E-state index contributed by atoms with van der Waals surface area (Å²) in [5, 5.41) is 2.88. The number of nitrogens with one attached hydrogen (secondary N) is 1. The first-order valence-electron chi connectivity index (χ1n) is 12.1. The number of nitrogens with zero attached hydrogens (tertiary/aromatic N) is 1. The van der Waals surface area contributed by atoms with Crippen molar-refractivity contribution in [3.63, 3.8) is 0 Å². The van der Waals surface area contributed by atoms with Crippen LogP contribution in [-0.2, 0) is 9.59 Å². The van der Waals surface area contributed by atoms with Crippen LogP contribution >= 0.6 is 0 Å². The lowest BCUT2D eigenvalue weighted by Gasteiger charge is -2.19. The van der Waals surface area contributed by atoms with Gasteiger partial charge in [0.1, 0.15) is 11.5 Å². The van der Waals surface area contributed by atoms with Gasteiger partial charge in [-0.05, 0) is 87.2 Å². The van der Waals surface area contributed by atoms with Gasteiger partial charge in [0.15, 0.2) is 0 Å². The first-order chi connectivity index (χ1) is 17.3. The lowest BCUT2D eigenvalue weighted by atomic mass is 9.82.